The van der Waals surface area contributed by atoms with E-state index in [1.807, 2.05) is 4.90 Å². The molecule has 0 aromatic heterocycles. The Morgan fingerprint density at radius 1 is 1.16 bits per heavy atom. The lowest BCUT2D eigenvalue weighted by Gasteiger charge is -2.37. The molecule has 2 rings (SSSR count). The molecule has 19 heavy (non-hydrogen) atoms. The molecule has 0 bridgehead atoms. The third-order valence-electron chi connectivity index (χ3n) is 4.18. The van der Waals surface area contributed by atoms with Crippen molar-refractivity contribution < 1.29 is 13.2 Å². The van der Waals surface area contributed by atoms with E-state index in [2.05, 4.69) is 6.92 Å². The molecule has 0 aliphatic carbocycles. The maximum absolute atomic E-state index is 12.3. The van der Waals surface area contributed by atoms with Crippen LogP contribution in [0.4, 0.5) is 0 Å². The number of hydrogen-bond donors (Lipinski definition) is 0. The maximum atomic E-state index is 12.3. The number of carbonyl (C=O) groups excluding carboxylic acids is 1. The van der Waals surface area contributed by atoms with Crippen molar-refractivity contribution in [2.75, 3.05) is 25.4 Å². The average molecular weight is 288 g/mol. The van der Waals surface area contributed by atoms with Crippen LogP contribution in [0.1, 0.15) is 45.4 Å². The molecule has 1 unspecified atom stereocenters. The van der Waals surface area contributed by atoms with Gasteiger partial charge in [0.05, 0.1) is 12.3 Å². The lowest BCUT2D eigenvalue weighted by atomic mass is 10.00. The summed E-state index contributed by atoms with van der Waals surface area (Å²) >= 11 is 0. The third-order valence-corrected chi connectivity index (χ3v) is 6.09. The number of nitrogens with zero attached hydrogens (tertiary/aromatic N) is 2. The maximum Gasteiger partial charge on any atom is 0.238 e. The SMILES string of the molecule is CCC1CCCCN1C(=O)CN1CCCCS1(=O)=O. The van der Waals surface area contributed by atoms with Gasteiger partial charge in [0.1, 0.15) is 0 Å². The Kier molecular flexibility index (Phi) is 4.84. The minimum Gasteiger partial charge on any atom is -0.339 e. The van der Waals surface area contributed by atoms with Crippen molar-refractivity contribution in [3.8, 4) is 0 Å². The molecular formula is C13H24N2O3S. The summed E-state index contributed by atoms with van der Waals surface area (Å²) in [5, 5.41) is 0. The molecule has 2 heterocycles. The summed E-state index contributed by atoms with van der Waals surface area (Å²) in [6.07, 6.45) is 5.80. The first-order valence-electron chi connectivity index (χ1n) is 7.32. The topological polar surface area (TPSA) is 57.7 Å². The predicted octanol–water partition coefficient (Wildman–Crippen LogP) is 1.20. The van der Waals surface area contributed by atoms with Crippen LogP contribution in [-0.4, -0.2) is 55.0 Å². The first-order chi connectivity index (χ1) is 9.04. The highest BCUT2D eigenvalue weighted by molar-refractivity contribution is 7.89. The Morgan fingerprint density at radius 3 is 2.58 bits per heavy atom. The average Bonchev–Trinajstić information content (AvgIpc) is 2.41. The fourth-order valence-corrected chi connectivity index (χ4v) is 4.55. The number of hydrogen-bond acceptors (Lipinski definition) is 3. The summed E-state index contributed by atoms with van der Waals surface area (Å²) in [6.45, 7) is 3.41. The molecule has 0 aromatic carbocycles. The summed E-state index contributed by atoms with van der Waals surface area (Å²) in [5.74, 6) is 0.175. The van der Waals surface area contributed by atoms with Crippen LogP contribution in [0.3, 0.4) is 0 Å². The summed E-state index contributed by atoms with van der Waals surface area (Å²) in [5.41, 5.74) is 0. The normalized spacial score (nSPS) is 28.3. The van der Waals surface area contributed by atoms with E-state index in [1.54, 1.807) is 0 Å². The Morgan fingerprint density at radius 2 is 1.89 bits per heavy atom. The molecule has 2 saturated heterocycles. The Labute approximate surface area is 116 Å². The van der Waals surface area contributed by atoms with Crippen LogP contribution in [-0.2, 0) is 14.8 Å². The molecule has 2 aliphatic rings. The van der Waals surface area contributed by atoms with E-state index in [0.717, 1.165) is 32.2 Å². The largest absolute Gasteiger partial charge is 0.339 e. The second-order valence-corrected chi connectivity index (χ2v) is 7.59. The van der Waals surface area contributed by atoms with E-state index in [9.17, 15) is 13.2 Å². The van der Waals surface area contributed by atoms with Crippen LogP contribution in [0.15, 0.2) is 0 Å². The third kappa shape index (κ3) is 3.48. The van der Waals surface area contributed by atoms with Crippen LogP contribution < -0.4 is 0 Å². The van der Waals surface area contributed by atoms with Crippen molar-refractivity contribution in [3.05, 3.63) is 0 Å². The number of rotatable bonds is 3. The fourth-order valence-electron chi connectivity index (χ4n) is 3.01. The molecule has 2 aliphatic heterocycles. The first kappa shape index (κ1) is 14.8. The summed E-state index contributed by atoms with van der Waals surface area (Å²) < 4.78 is 25.2. The van der Waals surface area contributed by atoms with Crippen molar-refractivity contribution >= 4 is 15.9 Å². The molecule has 1 atom stereocenters. The highest BCUT2D eigenvalue weighted by Crippen LogP contribution is 2.21. The first-order valence-corrected chi connectivity index (χ1v) is 8.93. The molecule has 0 N–H and O–H groups in total. The molecule has 0 aromatic rings. The van der Waals surface area contributed by atoms with Crippen LogP contribution in [0, 0.1) is 0 Å². The van der Waals surface area contributed by atoms with Crippen molar-refractivity contribution in [1.29, 1.82) is 0 Å². The molecule has 6 heteroatoms. The second kappa shape index (κ2) is 6.22. The number of amides is 1. The van der Waals surface area contributed by atoms with Crippen LogP contribution in [0.25, 0.3) is 0 Å². The lowest BCUT2D eigenvalue weighted by molar-refractivity contribution is -0.135. The van der Waals surface area contributed by atoms with Crippen LogP contribution >= 0.6 is 0 Å². The van der Waals surface area contributed by atoms with Gasteiger partial charge in [-0.1, -0.05) is 6.92 Å². The van der Waals surface area contributed by atoms with Gasteiger partial charge in [-0.2, -0.15) is 4.31 Å². The lowest BCUT2D eigenvalue weighted by Crippen LogP contribution is -2.50. The van der Waals surface area contributed by atoms with Gasteiger partial charge in [0.25, 0.3) is 0 Å². The van der Waals surface area contributed by atoms with E-state index in [-0.39, 0.29) is 18.2 Å². The Bertz CT molecular complexity index is 422. The number of likely N-dealkylation sites (tertiary alicyclic amines) is 1. The monoisotopic (exact) mass is 288 g/mol. The van der Waals surface area contributed by atoms with Gasteiger partial charge in [-0.05, 0) is 38.5 Å². The van der Waals surface area contributed by atoms with E-state index in [4.69, 9.17) is 0 Å². The number of sulfonamides is 1. The molecule has 5 nitrogen and oxygen atoms in total. The van der Waals surface area contributed by atoms with Crippen molar-refractivity contribution in [1.82, 2.24) is 9.21 Å². The quantitative estimate of drug-likeness (QED) is 0.784. The van der Waals surface area contributed by atoms with Gasteiger partial charge in [-0.3, -0.25) is 4.79 Å². The van der Waals surface area contributed by atoms with Crippen molar-refractivity contribution in [2.45, 2.75) is 51.5 Å². The Balaban J connectivity index is 1.99. The molecule has 0 spiro atoms. The van der Waals surface area contributed by atoms with Gasteiger partial charge in [0.15, 0.2) is 0 Å². The van der Waals surface area contributed by atoms with Crippen LogP contribution in [0.2, 0.25) is 0 Å². The molecule has 110 valence electrons. The number of carbonyl (C=O) groups is 1. The van der Waals surface area contributed by atoms with Gasteiger partial charge in [-0.15, -0.1) is 0 Å². The summed E-state index contributed by atoms with van der Waals surface area (Å²) in [6, 6.07) is 0.300. The van der Waals surface area contributed by atoms with Gasteiger partial charge in [0.2, 0.25) is 15.9 Å². The minimum absolute atomic E-state index is 0.0166. The molecular weight excluding hydrogens is 264 g/mol. The standard InChI is InChI=1S/C13H24N2O3S/c1-2-12-7-3-4-9-15(12)13(16)11-14-8-5-6-10-19(14,17)18/h12H,2-11H2,1H3. The van der Waals surface area contributed by atoms with Gasteiger partial charge in [0, 0.05) is 19.1 Å². The summed E-state index contributed by atoms with van der Waals surface area (Å²) in [7, 11) is -3.20. The van der Waals surface area contributed by atoms with Crippen molar-refractivity contribution in [2.24, 2.45) is 0 Å². The van der Waals surface area contributed by atoms with E-state index in [1.165, 1.54) is 10.7 Å². The van der Waals surface area contributed by atoms with E-state index < -0.39 is 10.0 Å². The van der Waals surface area contributed by atoms with Gasteiger partial charge < -0.3 is 4.90 Å². The van der Waals surface area contributed by atoms with Gasteiger partial charge >= 0.3 is 0 Å². The highest BCUT2D eigenvalue weighted by atomic mass is 32.2. The molecule has 0 saturated carbocycles. The Hall–Kier alpha value is -0.620. The van der Waals surface area contributed by atoms with Crippen molar-refractivity contribution in [3.63, 3.8) is 0 Å². The highest BCUT2D eigenvalue weighted by Gasteiger charge is 2.31. The zero-order chi connectivity index (χ0) is 13.9. The fraction of sp³-hybridized carbons (Fsp3) is 0.923. The predicted molar refractivity (Wildman–Crippen MR) is 74.2 cm³/mol. The smallest absolute Gasteiger partial charge is 0.238 e. The zero-order valence-corrected chi connectivity index (χ0v) is 12.5. The second-order valence-electron chi connectivity index (χ2n) is 5.50. The molecule has 0 radical (unpaired) electrons. The van der Waals surface area contributed by atoms with E-state index >= 15 is 0 Å². The summed E-state index contributed by atoms with van der Waals surface area (Å²) in [4.78, 5) is 14.2. The molecule has 2 fully saturated rings. The van der Waals surface area contributed by atoms with Crippen LogP contribution in [0.5, 0.6) is 0 Å². The minimum atomic E-state index is -3.20. The van der Waals surface area contributed by atoms with E-state index in [0.29, 0.717) is 19.0 Å². The number of piperidine rings is 1. The van der Waals surface area contributed by atoms with Gasteiger partial charge in [-0.25, -0.2) is 8.42 Å². The zero-order valence-electron chi connectivity index (χ0n) is 11.7. The molecule has 1 amide bonds.